The molecule has 0 radical (unpaired) electrons. The summed E-state index contributed by atoms with van der Waals surface area (Å²) in [5.41, 5.74) is 0. The molecule has 0 saturated carbocycles. The van der Waals surface area contributed by atoms with Crippen LogP contribution >= 0.6 is 12.6 Å². The molecule has 0 fully saturated rings. The van der Waals surface area contributed by atoms with Gasteiger partial charge in [-0.25, -0.2) is 0 Å². The smallest absolute Gasteiger partial charge is 0.334 e. The summed E-state index contributed by atoms with van der Waals surface area (Å²) in [5.74, 6) is 0. The summed E-state index contributed by atoms with van der Waals surface area (Å²) in [6, 6.07) is 0. The van der Waals surface area contributed by atoms with Crippen LogP contribution in [0.1, 0.15) is 33.6 Å². The molecule has 74 valence electrons. The highest BCUT2D eigenvalue weighted by atomic mass is 32.1. The maximum Gasteiger partial charge on any atom is 0.334 e. The summed E-state index contributed by atoms with van der Waals surface area (Å²) in [4.78, 5) is 0.342. The molecule has 0 bridgehead atoms. The van der Waals surface area contributed by atoms with Crippen molar-refractivity contribution in [1.29, 1.82) is 0 Å². The van der Waals surface area contributed by atoms with E-state index in [9.17, 15) is 0 Å². The first kappa shape index (κ1) is 12.5. The van der Waals surface area contributed by atoms with Crippen molar-refractivity contribution in [1.82, 2.24) is 0 Å². The summed E-state index contributed by atoms with van der Waals surface area (Å²) in [6.07, 6.45) is 2.25. The van der Waals surface area contributed by atoms with Gasteiger partial charge in [0.15, 0.2) is 0 Å². The van der Waals surface area contributed by atoms with Crippen molar-refractivity contribution in [3.05, 3.63) is 0 Å². The van der Waals surface area contributed by atoms with E-state index in [4.69, 9.17) is 8.85 Å². The molecular formula is C8H20O2SSi. The number of rotatable bonds is 7. The number of hydrogen-bond donors (Lipinski definition) is 1. The Kier molecular flexibility index (Phi) is 8.43. The fraction of sp³-hybridized carbons (Fsp3) is 1.00. The highest BCUT2D eigenvalue weighted by Gasteiger charge is 2.21. The third-order valence-corrected chi connectivity index (χ3v) is 4.83. The van der Waals surface area contributed by atoms with Crippen LogP contribution in [-0.2, 0) is 8.85 Å². The lowest BCUT2D eigenvalue weighted by Gasteiger charge is -2.19. The van der Waals surface area contributed by atoms with Gasteiger partial charge in [-0.15, -0.1) is 0 Å². The van der Waals surface area contributed by atoms with Crippen LogP contribution in [-0.4, -0.2) is 27.4 Å². The molecule has 2 nitrogen and oxygen atoms in total. The highest BCUT2D eigenvalue weighted by molar-refractivity contribution is 7.82. The summed E-state index contributed by atoms with van der Waals surface area (Å²) < 4.78 is 11.1. The molecule has 0 aromatic heterocycles. The Morgan fingerprint density at radius 1 is 1.17 bits per heavy atom. The number of thiol groups is 1. The zero-order chi connectivity index (χ0) is 9.40. The van der Waals surface area contributed by atoms with Crippen LogP contribution in [0.25, 0.3) is 0 Å². The van der Waals surface area contributed by atoms with E-state index in [1.54, 1.807) is 0 Å². The summed E-state index contributed by atoms with van der Waals surface area (Å²) in [5, 5.41) is 0. The van der Waals surface area contributed by atoms with Crippen LogP contribution in [0, 0.1) is 0 Å². The summed E-state index contributed by atoms with van der Waals surface area (Å²) in [6.45, 7) is 7.67. The maximum atomic E-state index is 5.54. The van der Waals surface area contributed by atoms with E-state index in [1.165, 1.54) is 0 Å². The molecule has 4 heteroatoms. The van der Waals surface area contributed by atoms with Gasteiger partial charge in [0.1, 0.15) is 0 Å². The third kappa shape index (κ3) is 5.19. The zero-order valence-electron chi connectivity index (χ0n) is 8.25. The van der Waals surface area contributed by atoms with E-state index in [0.717, 1.165) is 26.1 Å². The molecule has 0 aliphatic rings. The average molecular weight is 208 g/mol. The molecule has 1 unspecified atom stereocenters. The predicted octanol–water partition coefficient (Wildman–Crippen LogP) is 1.92. The lowest BCUT2D eigenvalue weighted by molar-refractivity contribution is 0.211. The van der Waals surface area contributed by atoms with E-state index >= 15 is 0 Å². The quantitative estimate of drug-likeness (QED) is 0.509. The molecule has 0 spiro atoms. The average Bonchev–Trinajstić information content (AvgIpc) is 2.04. The molecule has 12 heavy (non-hydrogen) atoms. The van der Waals surface area contributed by atoms with Crippen LogP contribution in [0.5, 0.6) is 0 Å². The van der Waals surface area contributed by atoms with Crippen molar-refractivity contribution in [2.24, 2.45) is 0 Å². The van der Waals surface area contributed by atoms with Gasteiger partial charge < -0.3 is 8.85 Å². The van der Waals surface area contributed by atoms with Crippen molar-refractivity contribution in [2.75, 3.05) is 13.2 Å². The molecule has 1 atom stereocenters. The van der Waals surface area contributed by atoms with Gasteiger partial charge in [0.05, 0.1) is 0 Å². The maximum absolute atomic E-state index is 5.54. The van der Waals surface area contributed by atoms with Crippen molar-refractivity contribution >= 4 is 21.9 Å². The SMILES string of the molecule is CCCC(S)[SiH](OCC)OCC. The topological polar surface area (TPSA) is 18.5 Å². The standard InChI is InChI=1S/C8H20O2SSi/c1-4-7-8(11)12(9-5-2)10-6-3/h8,11-12H,4-7H2,1-3H3. The minimum absolute atomic E-state index is 0.342. The molecule has 0 heterocycles. The summed E-state index contributed by atoms with van der Waals surface area (Å²) in [7, 11) is -1.48. The van der Waals surface area contributed by atoms with Gasteiger partial charge in [0.25, 0.3) is 0 Å². The molecule has 0 amide bonds. The van der Waals surface area contributed by atoms with Crippen LogP contribution in [0.3, 0.4) is 0 Å². The van der Waals surface area contributed by atoms with Crippen LogP contribution in [0.2, 0.25) is 0 Å². The molecular weight excluding hydrogens is 188 g/mol. The van der Waals surface area contributed by atoms with Crippen LogP contribution in [0.15, 0.2) is 0 Å². The van der Waals surface area contributed by atoms with Crippen LogP contribution < -0.4 is 0 Å². The Balaban J connectivity index is 3.72. The lowest BCUT2D eigenvalue weighted by atomic mass is 10.4. The second-order valence-corrected chi connectivity index (χ2v) is 6.07. The van der Waals surface area contributed by atoms with Gasteiger partial charge in [0.2, 0.25) is 0 Å². The van der Waals surface area contributed by atoms with E-state index in [2.05, 4.69) is 19.6 Å². The molecule has 0 N–H and O–H groups in total. The van der Waals surface area contributed by atoms with Gasteiger partial charge in [-0.05, 0) is 20.3 Å². The zero-order valence-corrected chi connectivity index (χ0v) is 10.3. The molecule has 0 aromatic rings. The fourth-order valence-electron chi connectivity index (χ4n) is 1.03. The largest absolute Gasteiger partial charge is 0.396 e. The molecule has 0 rings (SSSR count). The Morgan fingerprint density at radius 3 is 2.00 bits per heavy atom. The minimum atomic E-state index is -1.48. The van der Waals surface area contributed by atoms with Gasteiger partial charge >= 0.3 is 9.28 Å². The molecule has 0 saturated heterocycles. The first-order valence-corrected chi connectivity index (χ1v) is 6.80. The van der Waals surface area contributed by atoms with Crippen molar-refractivity contribution in [3.63, 3.8) is 0 Å². The third-order valence-electron chi connectivity index (χ3n) is 1.56. The molecule has 0 aliphatic heterocycles. The lowest BCUT2D eigenvalue weighted by Crippen LogP contribution is -2.34. The Bertz CT molecular complexity index is 97.1. The number of hydrogen-bond acceptors (Lipinski definition) is 3. The Morgan fingerprint density at radius 2 is 1.67 bits per heavy atom. The van der Waals surface area contributed by atoms with Crippen molar-refractivity contribution in [3.8, 4) is 0 Å². The van der Waals surface area contributed by atoms with Crippen molar-refractivity contribution in [2.45, 2.75) is 38.5 Å². The second kappa shape index (κ2) is 8.10. The van der Waals surface area contributed by atoms with E-state index in [-0.39, 0.29) is 0 Å². The van der Waals surface area contributed by atoms with Crippen molar-refractivity contribution < 1.29 is 8.85 Å². The fourth-order valence-corrected chi connectivity index (χ4v) is 3.61. The Labute approximate surface area is 82.9 Å². The predicted molar refractivity (Wildman–Crippen MR) is 58.1 cm³/mol. The van der Waals surface area contributed by atoms with Gasteiger partial charge in [-0.2, -0.15) is 12.6 Å². The molecule has 0 aromatic carbocycles. The monoisotopic (exact) mass is 208 g/mol. The van der Waals surface area contributed by atoms with E-state index in [1.807, 2.05) is 13.8 Å². The van der Waals surface area contributed by atoms with Crippen LogP contribution in [0.4, 0.5) is 0 Å². The highest BCUT2D eigenvalue weighted by Crippen LogP contribution is 2.10. The first-order chi connectivity index (χ1) is 5.76. The molecule has 0 aliphatic carbocycles. The van der Waals surface area contributed by atoms with Gasteiger partial charge in [0, 0.05) is 18.1 Å². The van der Waals surface area contributed by atoms with E-state index < -0.39 is 9.28 Å². The second-order valence-electron chi connectivity index (χ2n) is 2.64. The van der Waals surface area contributed by atoms with Gasteiger partial charge in [-0.3, -0.25) is 0 Å². The summed E-state index contributed by atoms with van der Waals surface area (Å²) >= 11 is 4.48. The van der Waals surface area contributed by atoms with Gasteiger partial charge in [-0.1, -0.05) is 13.3 Å². The first-order valence-electron chi connectivity index (χ1n) is 4.67. The Hall–Kier alpha value is 0.487. The van der Waals surface area contributed by atoms with E-state index in [0.29, 0.717) is 4.87 Å². The normalized spacial score (nSPS) is 13.8. The minimum Gasteiger partial charge on any atom is -0.396 e.